The molecule has 2 aromatic heterocycles. The largest absolute Gasteiger partial charge is 0.495 e. The van der Waals surface area contributed by atoms with Crippen molar-refractivity contribution in [3.63, 3.8) is 0 Å². The predicted molar refractivity (Wildman–Crippen MR) is 149 cm³/mol. The minimum atomic E-state index is -0.292. The van der Waals surface area contributed by atoms with Crippen molar-refractivity contribution < 1.29 is 14.3 Å². The topological polar surface area (TPSA) is 117 Å². The summed E-state index contributed by atoms with van der Waals surface area (Å²) in [4.78, 5) is 24.2. The lowest BCUT2D eigenvalue weighted by Crippen LogP contribution is -2.54. The number of carbonyl (C=O) groups is 1. The van der Waals surface area contributed by atoms with Crippen LogP contribution < -0.4 is 25.0 Å². The van der Waals surface area contributed by atoms with E-state index in [0.29, 0.717) is 51.6 Å². The highest BCUT2D eigenvalue weighted by molar-refractivity contribution is 6.40. The number of ether oxygens (including phenoxy) is 2. The summed E-state index contributed by atoms with van der Waals surface area (Å²) in [6.07, 6.45) is 1.55. The molecule has 3 heterocycles. The average molecular weight is 556 g/mol. The fraction of sp³-hybridized carbons (Fsp3) is 0.308. The zero-order chi connectivity index (χ0) is 27.0. The number of aromatic amines is 1. The van der Waals surface area contributed by atoms with Gasteiger partial charge in [0.2, 0.25) is 0 Å². The molecule has 2 aromatic carbocycles. The summed E-state index contributed by atoms with van der Waals surface area (Å²) in [6.45, 7) is 6.16. The molecule has 0 saturated carbocycles. The van der Waals surface area contributed by atoms with E-state index in [2.05, 4.69) is 49.5 Å². The molecule has 198 valence electrons. The predicted octanol–water partition coefficient (Wildman–Crippen LogP) is 4.78. The van der Waals surface area contributed by atoms with Gasteiger partial charge in [0.15, 0.2) is 17.3 Å². The van der Waals surface area contributed by atoms with E-state index in [0.717, 1.165) is 18.8 Å². The second-order valence-corrected chi connectivity index (χ2v) is 9.94. The second-order valence-electron chi connectivity index (χ2n) is 9.19. The second kappa shape index (κ2) is 10.6. The van der Waals surface area contributed by atoms with E-state index in [9.17, 15) is 4.79 Å². The molecular formula is C26H27Cl2N7O3. The standard InChI is InChI=1S/C26H27Cl2N7O3/c1-13-11-35(12-14(2)30-13)16-7-5-15(6-8-16)26(36)32-24-17-10-29-25(31-23(17)33-34-24)20-21(27)18(37-3)9-19(38-4)22(20)28/h5-10,13-14,30H,11-12H2,1-4H3,(H2,29,31,32,33,34,36)/t13-,14+. The smallest absolute Gasteiger partial charge is 0.256 e. The highest BCUT2D eigenvalue weighted by Gasteiger charge is 2.23. The molecule has 0 spiro atoms. The van der Waals surface area contributed by atoms with Crippen LogP contribution in [0.1, 0.15) is 24.2 Å². The van der Waals surface area contributed by atoms with Crippen LogP contribution >= 0.6 is 23.2 Å². The summed E-state index contributed by atoms with van der Waals surface area (Å²) >= 11 is 13.0. The number of benzene rings is 2. The van der Waals surface area contributed by atoms with Crippen LogP contribution in [-0.2, 0) is 0 Å². The number of hydrogen-bond acceptors (Lipinski definition) is 8. The number of fused-ring (bicyclic) bond motifs is 1. The number of aromatic nitrogens is 4. The van der Waals surface area contributed by atoms with Gasteiger partial charge in [0.05, 0.1) is 35.2 Å². The molecule has 12 heteroatoms. The van der Waals surface area contributed by atoms with Crippen molar-refractivity contribution in [2.24, 2.45) is 0 Å². The first-order valence-corrected chi connectivity index (χ1v) is 12.8. The van der Waals surface area contributed by atoms with Crippen LogP contribution in [0.2, 0.25) is 10.0 Å². The molecule has 3 N–H and O–H groups in total. The molecule has 1 aliphatic heterocycles. The van der Waals surface area contributed by atoms with E-state index in [-0.39, 0.29) is 21.8 Å². The quantitative estimate of drug-likeness (QED) is 0.311. The van der Waals surface area contributed by atoms with Crippen LogP contribution in [0.4, 0.5) is 11.5 Å². The number of nitrogens with zero attached hydrogens (tertiary/aromatic N) is 4. The van der Waals surface area contributed by atoms with Gasteiger partial charge in [-0.15, -0.1) is 0 Å². The molecule has 5 rings (SSSR count). The van der Waals surface area contributed by atoms with Crippen LogP contribution in [0.5, 0.6) is 11.5 Å². The third kappa shape index (κ3) is 4.94. The molecule has 1 saturated heterocycles. The van der Waals surface area contributed by atoms with Crippen LogP contribution in [0.15, 0.2) is 36.5 Å². The lowest BCUT2D eigenvalue weighted by molar-refractivity contribution is 0.102. The van der Waals surface area contributed by atoms with E-state index in [4.69, 9.17) is 32.7 Å². The molecular weight excluding hydrogens is 529 g/mol. The van der Waals surface area contributed by atoms with Gasteiger partial charge in [-0.25, -0.2) is 9.97 Å². The van der Waals surface area contributed by atoms with Crippen LogP contribution in [0, 0.1) is 0 Å². The van der Waals surface area contributed by atoms with Gasteiger partial charge in [-0.2, -0.15) is 5.10 Å². The summed E-state index contributed by atoms with van der Waals surface area (Å²) < 4.78 is 10.7. The molecule has 38 heavy (non-hydrogen) atoms. The van der Waals surface area contributed by atoms with Gasteiger partial charge in [0, 0.05) is 48.7 Å². The Labute approximate surface area is 229 Å². The molecule has 1 aliphatic rings. The van der Waals surface area contributed by atoms with Gasteiger partial charge < -0.3 is 25.0 Å². The number of amides is 1. The van der Waals surface area contributed by atoms with Gasteiger partial charge in [0.25, 0.3) is 5.91 Å². The third-order valence-electron chi connectivity index (χ3n) is 6.40. The zero-order valence-corrected chi connectivity index (χ0v) is 22.8. The average Bonchev–Trinajstić information content (AvgIpc) is 3.30. The van der Waals surface area contributed by atoms with Gasteiger partial charge in [0.1, 0.15) is 11.5 Å². The number of H-pyrrole nitrogens is 1. The van der Waals surface area contributed by atoms with Crippen molar-refractivity contribution in [3.05, 3.63) is 52.1 Å². The monoisotopic (exact) mass is 555 g/mol. The van der Waals surface area contributed by atoms with Crippen LogP contribution in [0.25, 0.3) is 22.4 Å². The number of piperazine rings is 1. The summed E-state index contributed by atoms with van der Waals surface area (Å²) in [5, 5.41) is 14.5. The number of methoxy groups -OCH3 is 2. The van der Waals surface area contributed by atoms with Crippen molar-refractivity contribution in [3.8, 4) is 22.9 Å². The lowest BCUT2D eigenvalue weighted by Gasteiger charge is -2.37. The number of anilines is 2. The normalized spacial score (nSPS) is 17.5. The fourth-order valence-electron chi connectivity index (χ4n) is 4.65. The van der Waals surface area contributed by atoms with E-state index in [1.165, 1.54) is 14.2 Å². The van der Waals surface area contributed by atoms with Gasteiger partial charge >= 0.3 is 0 Å². The Kier molecular flexibility index (Phi) is 7.29. The highest BCUT2D eigenvalue weighted by Crippen LogP contribution is 2.45. The molecule has 10 nitrogen and oxygen atoms in total. The van der Waals surface area contributed by atoms with Crippen LogP contribution in [0.3, 0.4) is 0 Å². The van der Waals surface area contributed by atoms with Crippen molar-refractivity contribution in [1.82, 2.24) is 25.5 Å². The molecule has 1 amide bonds. The number of rotatable bonds is 6. The van der Waals surface area contributed by atoms with E-state index < -0.39 is 0 Å². The SMILES string of the molecule is COc1cc(OC)c(Cl)c(-c2ncc3c(NC(=O)c4ccc(N5C[C@@H](C)N[C@@H](C)C5)cc4)n[nH]c3n2)c1Cl. The summed E-state index contributed by atoms with van der Waals surface area (Å²) in [5.74, 6) is 1.01. The molecule has 0 unspecified atom stereocenters. The van der Waals surface area contributed by atoms with Crippen molar-refractivity contribution in [2.45, 2.75) is 25.9 Å². The summed E-state index contributed by atoms with van der Waals surface area (Å²) in [5.41, 5.74) is 2.36. The zero-order valence-electron chi connectivity index (χ0n) is 21.3. The number of nitrogens with one attached hydrogen (secondary N) is 3. The van der Waals surface area contributed by atoms with E-state index in [1.54, 1.807) is 12.3 Å². The molecule has 1 fully saturated rings. The van der Waals surface area contributed by atoms with Crippen molar-refractivity contribution in [2.75, 3.05) is 37.5 Å². The molecule has 0 aliphatic carbocycles. The maximum absolute atomic E-state index is 13.0. The van der Waals surface area contributed by atoms with Gasteiger partial charge in [-0.3, -0.25) is 9.89 Å². The van der Waals surface area contributed by atoms with Gasteiger partial charge in [-0.1, -0.05) is 23.2 Å². The minimum absolute atomic E-state index is 0.248. The Morgan fingerprint density at radius 3 is 2.29 bits per heavy atom. The Hall–Kier alpha value is -3.60. The Morgan fingerprint density at radius 2 is 1.68 bits per heavy atom. The first kappa shape index (κ1) is 26.0. The minimum Gasteiger partial charge on any atom is -0.495 e. The van der Waals surface area contributed by atoms with E-state index in [1.807, 2.05) is 24.3 Å². The van der Waals surface area contributed by atoms with Crippen molar-refractivity contribution in [1.29, 1.82) is 0 Å². The Bertz CT molecular complexity index is 1450. The van der Waals surface area contributed by atoms with E-state index >= 15 is 0 Å². The number of carbonyl (C=O) groups excluding carboxylic acids is 1. The molecule has 0 bridgehead atoms. The Balaban J connectivity index is 1.37. The maximum atomic E-state index is 13.0. The lowest BCUT2D eigenvalue weighted by atomic mass is 10.1. The highest BCUT2D eigenvalue weighted by atomic mass is 35.5. The van der Waals surface area contributed by atoms with Crippen molar-refractivity contribution >= 4 is 51.6 Å². The molecule has 4 aromatic rings. The molecule has 2 atom stereocenters. The number of hydrogen-bond donors (Lipinski definition) is 3. The first-order chi connectivity index (χ1) is 18.3. The maximum Gasteiger partial charge on any atom is 0.256 e. The third-order valence-corrected chi connectivity index (χ3v) is 7.15. The van der Waals surface area contributed by atoms with Gasteiger partial charge in [-0.05, 0) is 38.1 Å². The Morgan fingerprint density at radius 1 is 1.05 bits per heavy atom. The first-order valence-electron chi connectivity index (χ1n) is 12.0. The molecule has 0 radical (unpaired) electrons. The fourth-order valence-corrected chi connectivity index (χ4v) is 5.32. The van der Waals surface area contributed by atoms with Crippen LogP contribution in [-0.4, -0.2) is 65.5 Å². The summed E-state index contributed by atoms with van der Waals surface area (Å²) in [6, 6.07) is 9.94. The summed E-state index contributed by atoms with van der Waals surface area (Å²) in [7, 11) is 2.98. The number of halogens is 2.